The van der Waals surface area contributed by atoms with Crippen molar-refractivity contribution in [3.63, 3.8) is 0 Å². The van der Waals surface area contributed by atoms with Gasteiger partial charge in [0, 0.05) is 16.6 Å². The maximum absolute atomic E-state index is 13.0. The molecule has 4 aromatic rings. The van der Waals surface area contributed by atoms with Crippen LogP contribution in [0.4, 0.5) is 9.52 Å². The van der Waals surface area contributed by atoms with E-state index in [1.165, 1.54) is 41.6 Å². The molecule has 0 aliphatic rings. The van der Waals surface area contributed by atoms with Crippen LogP contribution in [-0.2, 0) is 4.79 Å². The number of fused-ring (bicyclic) bond motifs is 1. The zero-order valence-corrected chi connectivity index (χ0v) is 15.7. The highest BCUT2D eigenvalue weighted by atomic mass is 32.2. The summed E-state index contributed by atoms with van der Waals surface area (Å²) in [6, 6.07) is 7.92. The van der Waals surface area contributed by atoms with Gasteiger partial charge in [0.15, 0.2) is 5.13 Å². The van der Waals surface area contributed by atoms with Crippen molar-refractivity contribution in [2.45, 2.75) is 11.9 Å². The zero-order chi connectivity index (χ0) is 18.8. The van der Waals surface area contributed by atoms with Crippen LogP contribution in [0.3, 0.4) is 0 Å². The molecular formula is C17H13FN6OS2. The standard InChI is InChI=1S/C17H13FN6OS2/c1-10-6-15(24-16(21-10)19-9-20-24)26-8-14(25)23-17-22-13(7-27-17)11-2-4-12(18)5-3-11/h2-7,9H,8H2,1H3,(H,22,23,25). The van der Waals surface area contributed by atoms with Gasteiger partial charge in [-0.25, -0.2) is 14.4 Å². The highest BCUT2D eigenvalue weighted by Crippen LogP contribution is 2.25. The first-order chi connectivity index (χ1) is 13.1. The second-order valence-electron chi connectivity index (χ2n) is 5.59. The SMILES string of the molecule is Cc1cc(SCC(=O)Nc2nc(-c3ccc(F)cc3)cs2)n2ncnc2n1. The van der Waals surface area contributed by atoms with Crippen molar-refractivity contribution in [3.05, 3.63) is 53.6 Å². The number of rotatable bonds is 5. The number of aryl methyl sites for hydroxylation is 1. The Bertz CT molecular complexity index is 1110. The summed E-state index contributed by atoms with van der Waals surface area (Å²) in [6.45, 7) is 1.87. The third-order valence-corrected chi connectivity index (χ3v) is 5.34. The number of hydrogen-bond donors (Lipinski definition) is 1. The molecule has 0 fully saturated rings. The van der Waals surface area contributed by atoms with Gasteiger partial charge in [0.05, 0.1) is 11.4 Å². The summed E-state index contributed by atoms with van der Waals surface area (Å²) < 4.78 is 14.6. The van der Waals surface area contributed by atoms with Crippen molar-refractivity contribution in [2.75, 3.05) is 11.1 Å². The van der Waals surface area contributed by atoms with Gasteiger partial charge in [-0.1, -0.05) is 11.8 Å². The molecule has 10 heteroatoms. The van der Waals surface area contributed by atoms with Gasteiger partial charge in [-0.05, 0) is 37.3 Å². The van der Waals surface area contributed by atoms with Crippen LogP contribution >= 0.6 is 23.1 Å². The second kappa shape index (κ2) is 7.41. The molecule has 0 spiro atoms. The van der Waals surface area contributed by atoms with Crippen molar-refractivity contribution in [2.24, 2.45) is 0 Å². The normalized spacial score (nSPS) is 11.0. The first-order valence-corrected chi connectivity index (χ1v) is 9.76. The maximum Gasteiger partial charge on any atom is 0.253 e. The molecule has 0 aliphatic carbocycles. The second-order valence-corrected chi connectivity index (χ2v) is 7.44. The van der Waals surface area contributed by atoms with Crippen molar-refractivity contribution in [3.8, 4) is 11.3 Å². The van der Waals surface area contributed by atoms with E-state index in [2.05, 4.69) is 25.4 Å². The van der Waals surface area contributed by atoms with Gasteiger partial charge in [-0.3, -0.25) is 4.79 Å². The van der Waals surface area contributed by atoms with E-state index in [4.69, 9.17) is 0 Å². The highest BCUT2D eigenvalue weighted by Gasteiger charge is 2.11. The van der Waals surface area contributed by atoms with Gasteiger partial charge < -0.3 is 5.32 Å². The number of anilines is 1. The fraction of sp³-hybridized carbons (Fsp3) is 0.118. The van der Waals surface area contributed by atoms with Crippen LogP contribution in [0.15, 0.2) is 47.1 Å². The third-order valence-electron chi connectivity index (χ3n) is 3.59. The number of carbonyl (C=O) groups is 1. The van der Waals surface area contributed by atoms with Crippen LogP contribution in [0.25, 0.3) is 17.0 Å². The first kappa shape index (κ1) is 17.6. The Balaban J connectivity index is 1.41. The van der Waals surface area contributed by atoms with Crippen LogP contribution in [0.5, 0.6) is 0 Å². The predicted octanol–water partition coefficient (Wildman–Crippen LogP) is 3.43. The Morgan fingerprint density at radius 1 is 1.30 bits per heavy atom. The highest BCUT2D eigenvalue weighted by molar-refractivity contribution is 7.99. The number of thioether (sulfide) groups is 1. The van der Waals surface area contributed by atoms with E-state index in [0.29, 0.717) is 16.6 Å². The van der Waals surface area contributed by atoms with Gasteiger partial charge in [-0.15, -0.1) is 11.3 Å². The third kappa shape index (κ3) is 3.96. The largest absolute Gasteiger partial charge is 0.301 e. The van der Waals surface area contributed by atoms with Crippen molar-refractivity contribution in [1.82, 2.24) is 24.6 Å². The summed E-state index contributed by atoms with van der Waals surface area (Å²) in [5.74, 6) is 0.223. The molecule has 27 heavy (non-hydrogen) atoms. The van der Waals surface area contributed by atoms with E-state index in [0.717, 1.165) is 16.3 Å². The summed E-state index contributed by atoms with van der Waals surface area (Å²) in [6.07, 6.45) is 1.43. The Morgan fingerprint density at radius 3 is 2.93 bits per heavy atom. The lowest BCUT2D eigenvalue weighted by molar-refractivity contribution is -0.113. The minimum absolute atomic E-state index is 0.178. The van der Waals surface area contributed by atoms with E-state index >= 15 is 0 Å². The molecule has 0 radical (unpaired) electrons. The number of hydrogen-bond acceptors (Lipinski definition) is 7. The first-order valence-electron chi connectivity index (χ1n) is 7.90. The van der Waals surface area contributed by atoms with Gasteiger partial charge in [0.2, 0.25) is 5.91 Å². The van der Waals surface area contributed by atoms with E-state index in [1.54, 1.807) is 16.6 Å². The average molecular weight is 400 g/mol. The lowest BCUT2D eigenvalue weighted by Gasteiger charge is -2.05. The van der Waals surface area contributed by atoms with Crippen LogP contribution in [0, 0.1) is 12.7 Å². The number of nitrogens with one attached hydrogen (secondary N) is 1. The van der Waals surface area contributed by atoms with Crippen LogP contribution in [0.2, 0.25) is 0 Å². The predicted molar refractivity (Wildman–Crippen MR) is 102 cm³/mol. The minimum atomic E-state index is -0.299. The Kier molecular flexibility index (Phi) is 4.82. The van der Waals surface area contributed by atoms with Crippen LogP contribution in [-0.4, -0.2) is 36.2 Å². The van der Waals surface area contributed by atoms with E-state index in [1.807, 2.05) is 18.4 Å². The lowest BCUT2D eigenvalue weighted by Crippen LogP contribution is -2.14. The van der Waals surface area contributed by atoms with Gasteiger partial charge in [0.1, 0.15) is 17.2 Å². The molecular weight excluding hydrogens is 387 g/mol. The molecule has 3 heterocycles. The fourth-order valence-corrected chi connectivity index (χ4v) is 3.97. The summed E-state index contributed by atoms with van der Waals surface area (Å²) >= 11 is 2.67. The molecule has 4 rings (SSSR count). The number of carbonyl (C=O) groups excluding carboxylic acids is 1. The molecule has 0 unspecified atom stereocenters. The van der Waals surface area contributed by atoms with Crippen molar-refractivity contribution < 1.29 is 9.18 Å². The number of halogens is 1. The van der Waals surface area contributed by atoms with Gasteiger partial charge >= 0.3 is 0 Å². The van der Waals surface area contributed by atoms with E-state index < -0.39 is 0 Å². The molecule has 7 nitrogen and oxygen atoms in total. The lowest BCUT2D eigenvalue weighted by atomic mass is 10.2. The summed E-state index contributed by atoms with van der Waals surface area (Å²) in [5.41, 5.74) is 2.29. The number of thiazole rings is 1. The molecule has 1 N–H and O–H groups in total. The van der Waals surface area contributed by atoms with Crippen molar-refractivity contribution in [1.29, 1.82) is 0 Å². The molecule has 1 aromatic carbocycles. The molecule has 1 amide bonds. The number of amides is 1. The van der Waals surface area contributed by atoms with E-state index in [9.17, 15) is 9.18 Å². The minimum Gasteiger partial charge on any atom is -0.301 e. The topological polar surface area (TPSA) is 85.1 Å². The quantitative estimate of drug-likeness (QED) is 0.408. The zero-order valence-electron chi connectivity index (χ0n) is 14.1. The average Bonchev–Trinajstić information content (AvgIpc) is 3.29. The van der Waals surface area contributed by atoms with E-state index in [-0.39, 0.29) is 17.5 Å². The Hall–Kier alpha value is -2.85. The molecule has 0 saturated heterocycles. The number of benzene rings is 1. The summed E-state index contributed by atoms with van der Waals surface area (Å²) in [4.78, 5) is 25.0. The van der Waals surface area contributed by atoms with Gasteiger partial charge in [-0.2, -0.15) is 14.6 Å². The van der Waals surface area contributed by atoms with Crippen LogP contribution < -0.4 is 5.32 Å². The number of aromatic nitrogens is 5. The number of nitrogens with zero attached hydrogens (tertiary/aromatic N) is 5. The van der Waals surface area contributed by atoms with Gasteiger partial charge in [0.25, 0.3) is 5.78 Å². The Labute approximate surface area is 161 Å². The molecule has 0 aliphatic heterocycles. The summed E-state index contributed by atoms with van der Waals surface area (Å²) in [5, 5.41) is 10.0. The fourth-order valence-electron chi connectivity index (χ4n) is 2.38. The monoisotopic (exact) mass is 400 g/mol. The van der Waals surface area contributed by atoms with Crippen molar-refractivity contribution >= 4 is 39.9 Å². The molecule has 0 atom stereocenters. The maximum atomic E-state index is 13.0. The Morgan fingerprint density at radius 2 is 2.11 bits per heavy atom. The smallest absolute Gasteiger partial charge is 0.253 e. The molecule has 3 aromatic heterocycles. The molecule has 136 valence electrons. The molecule has 0 bridgehead atoms. The summed E-state index contributed by atoms with van der Waals surface area (Å²) in [7, 11) is 0. The molecule has 0 saturated carbocycles. The van der Waals surface area contributed by atoms with Crippen LogP contribution in [0.1, 0.15) is 5.69 Å².